The highest BCUT2D eigenvalue weighted by atomic mass is 14.9. The fourth-order valence-electron chi connectivity index (χ4n) is 7.16. The normalized spacial score (nSPS) is 11.3. The third-order valence-corrected chi connectivity index (χ3v) is 9.42. The molecular weight excluding hydrogens is 581 g/mol. The molecule has 0 atom stereocenters. The minimum absolute atomic E-state index is 1.06. The summed E-state index contributed by atoms with van der Waals surface area (Å²) in [5.41, 5.74) is 9.20. The van der Waals surface area contributed by atoms with E-state index in [0.29, 0.717) is 0 Å². The molecule has 0 radical (unpaired) electrons. The summed E-state index contributed by atoms with van der Waals surface area (Å²) < 4.78 is 0. The first kappa shape index (κ1) is 27.9. The first-order chi connectivity index (χ1) is 23.8. The lowest BCUT2D eigenvalue weighted by atomic mass is 9.85. The number of nitrogens with one attached hydrogen (secondary N) is 2. The molecule has 2 N–H and O–H groups in total. The Hall–Kier alpha value is -6.38. The van der Waals surface area contributed by atoms with E-state index in [2.05, 4.69) is 193 Å². The number of hydrogen-bond acceptors (Lipinski definition) is 2. The second kappa shape index (κ2) is 11.8. The molecule has 2 nitrogen and oxygen atoms in total. The van der Waals surface area contributed by atoms with Gasteiger partial charge in [0.1, 0.15) is 0 Å². The summed E-state index contributed by atoms with van der Waals surface area (Å²) in [4.78, 5) is 0. The fourth-order valence-corrected chi connectivity index (χ4v) is 7.16. The van der Waals surface area contributed by atoms with Gasteiger partial charge >= 0.3 is 0 Å². The van der Waals surface area contributed by atoms with Gasteiger partial charge in [0, 0.05) is 33.5 Å². The van der Waals surface area contributed by atoms with Gasteiger partial charge in [-0.3, -0.25) is 0 Å². The Balaban J connectivity index is 1.15. The Morgan fingerprint density at radius 3 is 1.00 bits per heavy atom. The van der Waals surface area contributed by atoms with Crippen LogP contribution in [0, 0.1) is 0 Å². The van der Waals surface area contributed by atoms with Crippen LogP contribution >= 0.6 is 0 Å². The molecule has 0 spiro atoms. The molecule has 0 aromatic heterocycles. The smallest absolute Gasteiger partial charge is 0.0463 e. The van der Waals surface area contributed by atoms with Crippen LogP contribution in [0.5, 0.6) is 0 Å². The van der Waals surface area contributed by atoms with Crippen LogP contribution in [0.3, 0.4) is 0 Å². The highest BCUT2D eigenvalue weighted by Gasteiger charge is 2.17. The zero-order valence-corrected chi connectivity index (χ0v) is 26.3. The van der Waals surface area contributed by atoms with E-state index in [1.54, 1.807) is 0 Å². The van der Waals surface area contributed by atoms with Gasteiger partial charge in [0.2, 0.25) is 0 Å². The van der Waals surface area contributed by atoms with Crippen molar-refractivity contribution in [1.82, 2.24) is 0 Å². The van der Waals surface area contributed by atoms with Gasteiger partial charge in [-0.15, -0.1) is 0 Å². The van der Waals surface area contributed by atoms with Crippen LogP contribution in [0.1, 0.15) is 0 Å². The molecule has 9 aromatic carbocycles. The third kappa shape index (κ3) is 4.92. The predicted octanol–water partition coefficient (Wildman–Crippen LogP) is 13.1. The molecule has 0 aliphatic rings. The van der Waals surface area contributed by atoms with Gasteiger partial charge < -0.3 is 10.6 Å². The van der Waals surface area contributed by atoms with Crippen molar-refractivity contribution in [1.29, 1.82) is 0 Å². The quantitative estimate of drug-likeness (QED) is 0.183. The van der Waals surface area contributed by atoms with Crippen molar-refractivity contribution in [2.24, 2.45) is 0 Å². The molecule has 9 aromatic rings. The van der Waals surface area contributed by atoms with Crippen LogP contribution in [-0.2, 0) is 0 Å². The topological polar surface area (TPSA) is 24.1 Å². The molecular formula is C46H32N2. The number of fused-ring (bicyclic) bond motifs is 5. The van der Waals surface area contributed by atoms with Crippen LogP contribution in [0.2, 0.25) is 0 Å². The van der Waals surface area contributed by atoms with Crippen molar-refractivity contribution in [3.63, 3.8) is 0 Å². The maximum absolute atomic E-state index is 3.67. The van der Waals surface area contributed by atoms with Gasteiger partial charge in [-0.25, -0.2) is 0 Å². The van der Waals surface area contributed by atoms with Gasteiger partial charge in [0.15, 0.2) is 0 Å². The molecule has 2 heteroatoms. The van der Waals surface area contributed by atoms with Crippen LogP contribution in [-0.4, -0.2) is 0 Å². The molecule has 0 unspecified atom stereocenters. The van der Waals surface area contributed by atoms with Crippen LogP contribution in [0.4, 0.5) is 22.7 Å². The largest absolute Gasteiger partial charge is 0.355 e. The van der Waals surface area contributed by atoms with Gasteiger partial charge in [-0.05, 0) is 91.0 Å². The molecule has 0 saturated carbocycles. The second-order valence-corrected chi connectivity index (χ2v) is 12.3. The van der Waals surface area contributed by atoms with Crippen molar-refractivity contribution in [3.8, 4) is 22.3 Å². The predicted molar refractivity (Wildman–Crippen MR) is 207 cm³/mol. The summed E-state index contributed by atoms with van der Waals surface area (Å²) >= 11 is 0. The lowest BCUT2D eigenvalue weighted by molar-refractivity contribution is 1.56. The van der Waals surface area contributed by atoms with E-state index in [1.807, 2.05) is 0 Å². The summed E-state index contributed by atoms with van der Waals surface area (Å²) in [5, 5.41) is 17.2. The van der Waals surface area contributed by atoms with Gasteiger partial charge in [0.25, 0.3) is 0 Å². The van der Waals surface area contributed by atoms with Crippen molar-refractivity contribution in [3.05, 3.63) is 182 Å². The molecule has 0 fully saturated rings. The Bertz CT molecular complexity index is 2410. The number of anilines is 4. The standard InChI is InChI=1S/C46H32N2/c1-3-15-37-31(11-1)13-9-21-43(37)47-35-27-23-33(24-28-35)45-41-19-7-5-17-39(41)40-18-6-8-20-42(40)46(45)34-25-29-36(30-26-34)48-44-22-10-14-32-12-2-4-16-38(32)44/h1-30,47-48H. The highest BCUT2D eigenvalue weighted by molar-refractivity contribution is 6.21. The Morgan fingerprint density at radius 1 is 0.250 bits per heavy atom. The first-order valence-corrected chi connectivity index (χ1v) is 16.4. The molecule has 0 aliphatic heterocycles. The van der Waals surface area contributed by atoms with Crippen LogP contribution in [0.15, 0.2) is 182 Å². The summed E-state index contributed by atoms with van der Waals surface area (Å²) in [7, 11) is 0. The SMILES string of the molecule is c1ccc2c(Nc3ccc(-c4c(-c5ccc(Nc6cccc7ccccc67)cc5)c5ccccc5c5ccccc45)cc3)cccc2c1. The molecule has 9 rings (SSSR count). The van der Waals surface area contributed by atoms with Crippen molar-refractivity contribution < 1.29 is 0 Å². The molecule has 48 heavy (non-hydrogen) atoms. The van der Waals surface area contributed by atoms with E-state index in [9.17, 15) is 0 Å². The van der Waals surface area contributed by atoms with Crippen molar-refractivity contribution in [2.45, 2.75) is 0 Å². The summed E-state index contributed by atoms with van der Waals surface area (Å²) in [6, 6.07) is 65.2. The van der Waals surface area contributed by atoms with E-state index in [1.165, 1.54) is 65.3 Å². The van der Waals surface area contributed by atoms with Gasteiger partial charge in [0.05, 0.1) is 0 Å². The van der Waals surface area contributed by atoms with Crippen LogP contribution < -0.4 is 10.6 Å². The second-order valence-electron chi connectivity index (χ2n) is 12.3. The average molecular weight is 613 g/mol. The van der Waals surface area contributed by atoms with Crippen LogP contribution in [0.25, 0.3) is 65.3 Å². The maximum Gasteiger partial charge on any atom is 0.0463 e. The van der Waals surface area contributed by atoms with E-state index in [-0.39, 0.29) is 0 Å². The lowest BCUT2D eigenvalue weighted by Gasteiger charge is -2.19. The molecule has 0 heterocycles. The van der Waals surface area contributed by atoms with Crippen molar-refractivity contribution >= 4 is 65.8 Å². The van der Waals surface area contributed by atoms with Crippen molar-refractivity contribution in [2.75, 3.05) is 10.6 Å². The lowest BCUT2D eigenvalue weighted by Crippen LogP contribution is -1.94. The molecule has 226 valence electrons. The Kier molecular flexibility index (Phi) is 6.84. The Morgan fingerprint density at radius 2 is 0.583 bits per heavy atom. The zero-order chi connectivity index (χ0) is 31.9. The number of rotatable bonds is 6. The molecule has 0 amide bonds. The van der Waals surface area contributed by atoms with E-state index >= 15 is 0 Å². The Labute approximate surface area is 279 Å². The molecule has 0 saturated heterocycles. The minimum Gasteiger partial charge on any atom is -0.355 e. The molecule has 0 aliphatic carbocycles. The summed E-state index contributed by atoms with van der Waals surface area (Å²) in [6.07, 6.45) is 0. The van der Waals surface area contributed by atoms with E-state index in [4.69, 9.17) is 0 Å². The average Bonchev–Trinajstić information content (AvgIpc) is 3.15. The maximum atomic E-state index is 3.67. The zero-order valence-electron chi connectivity index (χ0n) is 26.3. The van der Waals surface area contributed by atoms with Gasteiger partial charge in [-0.2, -0.15) is 0 Å². The van der Waals surface area contributed by atoms with E-state index in [0.717, 1.165) is 22.7 Å². The first-order valence-electron chi connectivity index (χ1n) is 16.4. The number of hydrogen-bond donors (Lipinski definition) is 2. The molecule has 0 bridgehead atoms. The highest BCUT2D eigenvalue weighted by Crippen LogP contribution is 2.45. The summed E-state index contributed by atoms with van der Waals surface area (Å²) in [5.74, 6) is 0. The fraction of sp³-hybridized carbons (Fsp3) is 0. The monoisotopic (exact) mass is 612 g/mol. The van der Waals surface area contributed by atoms with E-state index < -0.39 is 0 Å². The minimum atomic E-state index is 1.06. The number of benzene rings is 9. The van der Waals surface area contributed by atoms with Gasteiger partial charge in [-0.1, -0.05) is 146 Å². The third-order valence-electron chi connectivity index (χ3n) is 9.42. The summed E-state index contributed by atoms with van der Waals surface area (Å²) in [6.45, 7) is 0.